The van der Waals surface area contributed by atoms with Crippen LogP contribution in [0.2, 0.25) is 0 Å². The molecule has 6 heteroatoms. The highest BCUT2D eigenvalue weighted by Gasteiger charge is 2.29. The Kier molecular flexibility index (Phi) is 7.08. The first-order valence-corrected chi connectivity index (χ1v) is 13.3. The predicted molar refractivity (Wildman–Crippen MR) is 152 cm³/mol. The first kappa shape index (κ1) is 24.5. The molecule has 0 atom stereocenters. The second kappa shape index (κ2) is 9.55. The number of hydrogen-bond donors (Lipinski definition) is 1. The third kappa shape index (κ3) is 5.08. The van der Waals surface area contributed by atoms with Crippen molar-refractivity contribution in [2.24, 2.45) is 0 Å². The maximum Gasteiger partial charge on any atom is 0.256 e. The Bertz CT molecular complexity index is 1280. The van der Waals surface area contributed by atoms with E-state index in [1.165, 1.54) is 0 Å². The van der Waals surface area contributed by atoms with Gasteiger partial charge in [-0.05, 0) is 91.8 Å². The highest BCUT2D eigenvalue weighted by molar-refractivity contribution is 14.1. The van der Waals surface area contributed by atoms with Crippen LogP contribution >= 0.6 is 54.5 Å². The minimum Gasteiger partial charge on any atom is -0.487 e. The fourth-order valence-electron chi connectivity index (χ4n) is 3.91. The molecule has 0 aromatic heterocycles. The van der Waals surface area contributed by atoms with Crippen LogP contribution in [0.15, 0.2) is 57.5 Å². The molecule has 1 aliphatic rings. The van der Waals surface area contributed by atoms with Crippen molar-refractivity contribution in [1.82, 2.24) is 0 Å². The van der Waals surface area contributed by atoms with Crippen LogP contribution in [-0.2, 0) is 16.8 Å². The van der Waals surface area contributed by atoms with Gasteiger partial charge >= 0.3 is 0 Å². The SMILES string of the molecule is Cc1c(Br)cc(Br)c2c1C(=Cc1cc(I)c(OCc3ccccc3)c(C(C)(C)C)c1)C(=O)N2. The Morgan fingerprint density at radius 2 is 1.76 bits per heavy atom. The highest BCUT2D eigenvalue weighted by Crippen LogP contribution is 2.44. The molecule has 3 aromatic rings. The average Bonchev–Trinajstić information content (AvgIpc) is 3.08. The predicted octanol–water partition coefficient (Wildman–Crippen LogP) is 8.49. The molecule has 3 aromatic carbocycles. The van der Waals surface area contributed by atoms with Crippen molar-refractivity contribution in [3.8, 4) is 5.75 Å². The summed E-state index contributed by atoms with van der Waals surface area (Å²) >= 11 is 9.53. The van der Waals surface area contributed by atoms with Gasteiger partial charge in [0.25, 0.3) is 5.91 Å². The Morgan fingerprint density at radius 1 is 1.06 bits per heavy atom. The molecular formula is C27H24Br2INO2. The van der Waals surface area contributed by atoms with E-state index in [-0.39, 0.29) is 11.3 Å². The number of hydrogen-bond acceptors (Lipinski definition) is 2. The van der Waals surface area contributed by atoms with Crippen LogP contribution in [0.5, 0.6) is 5.75 Å². The summed E-state index contributed by atoms with van der Waals surface area (Å²) in [5.41, 5.74) is 6.54. The van der Waals surface area contributed by atoms with E-state index in [0.29, 0.717) is 12.2 Å². The number of amides is 1. The molecule has 4 rings (SSSR count). The molecule has 0 spiro atoms. The van der Waals surface area contributed by atoms with Crippen molar-refractivity contribution in [3.05, 3.63) is 88.9 Å². The maximum atomic E-state index is 12.9. The lowest BCUT2D eigenvalue weighted by atomic mass is 9.85. The van der Waals surface area contributed by atoms with Crippen molar-refractivity contribution < 1.29 is 9.53 Å². The standard InChI is InChI=1S/C27H24Br2INO2/c1-15-20(28)13-21(29)24-23(15)18(26(32)31-24)10-17-11-19(27(2,3)4)25(22(30)12-17)33-14-16-8-6-5-7-9-16/h5-13H,14H2,1-4H3,(H,31,32). The normalized spacial score (nSPS) is 14.4. The molecule has 1 heterocycles. The van der Waals surface area contributed by atoms with Crippen molar-refractivity contribution >= 4 is 77.7 Å². The number of rotatable bonds is 4. The van der Waals surface area contributed by atoms with Crippen molar-refractivity contribution in [3.63, 3.8) is 0 Å². The molecule has 1 aliphatic heterocycles. The van der Waals surface area contributed by atoms with Gasteiger partial charge in [-0.1, -0.05) is 67.0 Å². The lowest BCUT2D eigenvalue weighted by molar-refractivity contribution is -0.110. The molecular weight excluding hydrogens is 657 g/mol. The zero-order valence-electron chi connectivity index (χ0n) is 18.9. The Labute approximate surface area is 225 Å². The lowest BCUT2D eigenvalue weighted by Crippen LogP contribution is -2.15. The summed E-state index contributed by atoms with van der Waals surface area (Å²) < 4.78 is 9.16. The van der Waals surface area contributed by atoms with Crippen LogP contribution in [0.3, 0.4) is 0 Å². The van der Waals surface area contributed by atoms with Gasteiger partial charge in [0.1, 0.15) is 12.4 Å². The van der Waals surface area contributed by atoms with E-state index < -0.39 is 0 Å². The summed E-state index contributed by atoms with van der Waals surface area (Å²) in [6, 6.07) is 16.4. The Balaban J connectivity index is 1.79. The molecule has 3 nitrogen and oxygen atoms in total. The fourth-order valence-corrected chi connectivity index (χ4v) is 5.97. The summed E-state index contributed by atoms with van der Waals surface area (Å²) in [4.78, 5) is 12.9. The van der Waals surface area contributed by atoms with Crippen LogP contribution in [0.1, 0.15) is 48.6 Å². The number of halogens is 3. The third-order valence-electron chi connectivity index (χ3n) is 5.64. The van der Waals surface area contributed by atoms with Crippen LogP contribution in [0.25, 0.3) is 11.6 Å². The summed E-state index contributed by atoms with van der Waals surface area (Å²) in [5.74, 6) is 0.802. The molecule has 0 saturated heterocycles. The van der Waals surface area contributed by atoms with Crippen LogP contribution in [0.4, 0.5) is 5.69 Å². The largest absolute Gasteiger partial charge is 0.487 e. The van der Waals surface area contributed by atoms with E-state index in [4.69, 9.17) is 4.74 Å². The number of fused-ring (bicyclic) bond motifs is 1. The van der Waals surface area contributed by atoms with Gasteiger partial charge in [-0.3, -0.25) is 4.79 Å². The Hall–Kier alpha value is -1.64. The topological polar surface area (TPSA) is 38.3 Å². The van der Waals surface area contributed by atoms with Gasteiger partial charge in [-0.25, -0.2) is 0 Å². The minimum atomic E-state index is -0.127. The van der Waals surface area contributed by atoms with E-state index >= 15 is 0 Å². The zero-order chi connectivity index (χ0) is 23.9. The maximum absolute atomic E-state index is 12.9. The number of nitrogens with one attached hydrogen (secondary N) is 1. The van der Waals surface area contributed by atoms with E-state index in [1.54, 1.807) is 0 Å². The van der Waals surface area contributed by atoms with Crippen LogP contribution in [-0.4, -0.2) is 5.91 Å². The summed E-state index contributed by atoms with van der Waals surface area (Å²) in [7, 11) is 0. The van der Waals surface area contributed by atoms with E-state index in [1.807, 2.05) is 37.3 Å². The molecule has 33 heavy (non-hydrogen) atoms. The lowest BCUT2D eigenvalue weighted by Gasteiger charge is -2.25. The number of ether oxygens (including phenoxy) is 1. The minimum absolute atomic E-state index is 0.0939. The summed E-state index contributed by atoms with van der Waals surface area (Å²) in [6.45, 7) is 9.08. The van der Waals surface area contributed by atoms with Crippen molar-refractivity contribution in [2.75, 3.05) is 5.32 Å². The van der Waals surface area contributed by atoms with Gasteiger partial charge in [0, 0.05) is 25.6 Å². The number of carbonyl (C=O) groups excluding carboxylic acids is 1. The van der Waals surface area contributed by atoms with Crippen molar-refractivity contribution in [2.45, 2.75) is 39.7 Å². The molecule has 1 N–H and O–H groups in total. The molecule has 0 fully saturated rings. The second-order valence-corrected chi connectivity index (χ2v) is 12.0. The summed E-state index contributed by atoms with van der Waals surface area (Å²) in [5, 5.41) is 3.01. The van der Waals surface area contributed by atoms with Gasteiger partial charge in [0.05, 0.1) is 9.26 Å². The number of benzene rings is 3. The zero-order valence-corrected chi connectivity index (χ0v) is 24.2. The van der Waals surface area contributed by atoms with E-state index in [0.717, 1.165) is 51.8 Å². The van der Waals surface area contributed by atoms with Crippen LogP contribution < -0.4 is 10.1 Å². The van der Waals surface area contributed by atoms with Crippen molar-refractivity contribution in [1.29, 1.82) is 0 Å². The molecule has 0 bridgehead atoms. The monoisotopic (exact) mass is 679 g/mol. The van der Waals surface area contributed by atoms with Gasteiger partial charge in [0.2, 0.25) is 0 Å². The quantitative estimate of drug-likeness (QED) is 0.222. The van der Waals surface area contributed by atoms with Gasteiger partial charge < -0.3 is 10.1 Å². The molecule has 170 valence electrons. The molecule has 0 saturated carbocycles. The van der Waals surface area contributed by atoms with Gasteiger partial charge in [0.15, 0.2) is 0 Å². The second-order valence-electron chi connectivity index (χ2n) is 9.13. The molecule has 0 unspecified atom stereocenters. The first-order valence-electron chi connectivity index (χ1n) is 10.6. The summed E-state index contributed by atoms with van der Waals surface area (Å²) in [6.07, 6.45) is 1.98. The fraction of sp³-hybridized carbons (Fsp3) is 0.222. The van der Waals surface area contributed by atoms with Gasteiger partial charge in [-0.15, -0.1) is 0 Å². The van der Waals surface area contributed by atoms with Gasteiger partial charge in [-0.2, -0.15) is 0 Å². The average molecular weight is 681 g/mol. The first-order chi connectivity index (χ1) is 15.6. The number of carbonyl (C=O) groups is 1. The van der Waals surface area contributed by atoms with E-state index in [9.17, 15) is 4.79 Å². The smallest absolute Gasteiger partial charge is 0.256 e. The highest BCUT2D eigenvalue weighted by atomic mass is 127. The third-order valence-corrected chi connectivity index (χ3v) is 7.89. The Morgan fingerprint density at radius 3 is 2.42 bits per heavy atom. The number of anilines is 1. The molecule has 0 radical (unpaired) electrons. The van der Waals surface area contributed by atoms with Crippen LogP contribution in [0, 0.1) is 10.5 Å². The van der Waals surface area contributed by atoms with E-state index in [2.05, 4.69) is 105 Å². The molecule has 0 aliphatic carbocycles. The molecule has 1 amide bonds.